The van der Waals surface area contributed by atoms with Gasteiger partial charge in [-0.25, -0.2) is 0 Å². The van der Waals surface area contributed by atoms with Crippen LogP contribution in [0.3, 0.4) is 0 Å². The van der Waals surface area contributed by atoms with E-state index in [0.29, 0.717) is 28.7 Å². The van der Waals surface area contributed by atoms with Gasteiger partial charge in [-0.15, -0.1) is 10.2 Å². The first-order valence-corrected chi connectivity index (χ1v) is 10.4. The average Bonchev–Trinajstić information content (AvgIpc) is 3.18. The van der Waals surface area contributed by atoms with E-state index in [0.717, 1.165) is 37.2 Å². The molecule has 1 N–H and O–H groups in total. The Morgan fingerprint density at radius 3 is 2.81 bits per heavy atom. The molecule has 0 radical (unpaired) electrons. The number of nitrogens with zero attached hydrogens (tertiary/aromatic N) is 3. The van der Waals surface area contributed by atoms with Gasteiger partial charge in [0.25, 0.3) is 5.91 Å². The van der Waals surface area contributed by atoms with Crippen molar-refractivity contribution in [2.24, 2.45) is 0 Å². The number of hydrogen-bond acceptors (Lipinski definition) is 5. The van der Waals surface area contributed by atoms with Crippen LogP contribution in [-0.4, -0.2) is 40.0 Å². The van der Waals surface area contributed by atoms with E-state index in [1.807, 2.05) is 4.90 Å². The van der Waals surface area contributed by atoms with Crippen LogP contribution in [0.15, 0.2) is 24.3 Å². The van der Waals surface area contributed by atoms with Crippen molar-refractivity contribution in [3.05, 3.63) is 39.3 Å². The van der Waals surface area contributed by atoms with Gasteiger partial charge in [0.1, 0.15) is 5.01 Å². The number of amides is 2. The van der Waals surface area contributed by atoms with Gasteiger partial charge in [-0.3, -0.25) is 9.59 Å². The number of benzene rings is 1. The second kappa shape index (κ2) is 9.28. The molecule has 1 fully saturated rings. The molecule has 0 spiro atoms. The molecular formula is C19H23ClN4O2S. The third-order valence-electron chi connectivity index (χ3n) is 4.60. The van der Waals surface area contributed by atoms with Crippen molar-refractivity contribution in [1.29, 1.82) is 0 Å². The van der Waals surface area contributed by atoms with Gasteiger partial charge in [0.05, 0.1) is 0 Å². The zero-order chi connectivity index (χ0) is 19.2. The van der Waals surface area contributed by atoms with Gasteiger partial charge in [0.15, 0.2) is 0 Å². The minimum absolute atomic E-state index is 0.152. The molecule has 0 bridgehead atoms. The topological polar surface area (TPSA) is 75.2 Å². The van der Waals surface area contributed by atoms with Gasteiger partial charge in [-0.2, -0.15) is 0 Å². The standard InChI is InChI=1S/C19H23ClN4O2S/c1-2-3-6-16(25)24-11-4-5-13(12-24)18-22-23-19(27-18)17(26)21-15-9-7-14(20)8-10-15/h7-10,13H,2-6,11-12H2,1H3,(H,21,26). The molecule has 144 valence electrons. The lowest BCUT2D eigenvalue weighted by Gasteiger charge is -2.31. The third-order valence-corrected chi connectivity index (χ3v) is 5.94. The van der Waals surface area contributed by atoms with Gasteiger partial charge in [-0.05, 0) is 43.5 Å². The third kappa shape index (κ3) is 5.26. The number of piperidine rings is 1. The minimum atomic E-state index is -0.284. The summed E-state index contributed by atoms with van der Waals surface area (Å²) in [5.41, 5.74) is 0.659. The monoisotopic (exact) mass is 406 g/mol. The normalized spacial score (nSPS) is 17.0. The summed E-state index contributed by atoms with van der Waals surface area (Å²) in [5.74, 6) is 0.0819. The molecule has 1 aliphatic heterocycles. The summed E-state index contributed by atoms with van der Waals surface area (Å²) in [7, 11) is 0. The summed E-state index contributed by atoms with van der Waals surface area (Å²) in [4.78, 5) is 26.6. The van der Waals surface area contributed by atoms with Crippen molar-refractivity contribution in [3.63, 3.8) is 0 Å². The maximum Gasteiger partial charge on any atom is 0.286 e. The first-order chi connectivity index (χ1) is 13.1. The molecule has 0 saturated carbocycles. The molecular weight excluding hydrogens is 384 g/mol. The number of hydrogen-bond donors (Lipinski definition) is 1. The minimum Gasteiger partial charge on any atom is -0.342 e. The summed E-state index contributed by atoms with van der Waals surface area (Å²) in [6.07, 6.45) is 4.47. The van der Waals surface area contributed by atoms with Crippen molar-refractivity contribution in [1.82, 2.24) is 15.1 Å². The number of halogens is 1. The van der Waals surface area contributed by atoms with E-state index < -0.39 is 0 Å². The summed E-state index contributed by atoms with van der Waals surface area (Å²) in [6.45, 7) is 3.56. The summed E-state index contributed by atoms with van der Waals surface area (Å²) in [5, 5.41) is 12.8. The molecule has 3 rings (SSSR count). The highest BCUT2D eigenvalue weighted by Gasteiger charge is 2.27. The first kappa shape index (κ1) is 19.8. The van der Waals surface area contributed by atoms with E-state index in [-0.39, 0.29) is 17.7 Å². The number of likely N-dealkylation sites (tertiary alicyclic amines) is 1. The summed E-state index contributed by atoms with van der Waals surface area (Å²) in [6, 6.07) is 6.91. The lowest BCUT2D eigenvalue weighted by molar-refractivity contribution is -0.132. The molecule has 1 aromatic carbocycles. The van der Waals surface area contributed by atoms with Gasteiger partial charge < -0.3 is 10.2 Å². The molecule has 2 amide bonds. The van der Waals surface area contributed by atoms with Gasteiger partial charge in [-0.1, -0.05) is 36.3 Å². The van der Waals surface area contributed by atoms with Crippen molar-refractivity contribution >= 4 is 40.4 Å². The Balaban J connectivity index is 1.61. The Labute approximate surface area is 167 Å². The first-order valence-electron chi connectivity index (χ1n) is 9.25. The lowest BCUT2D eigenvalue weighted by Crippen LogP contribution is -2.38. The summed E-state index contributed by atoms with van der Waals surface area (Å²) < 4.78 is 0. The molecule has 2 heterocycles. The largest absolute Gasteiger partial charge is 0.342 e. The highest BCUT2D eigenvalue weighted by molar-refractivity contribution is 7.13. The Morgan fingerprint density at radius 2 is 2.07 bits per heavy atom. The molecule has 1 aliphatic rings. The van der Waals surface area contributed by atoms with Gasteiger partial charge >= 0.3 is 0 Å². The molecule has 1 atom stereocenters. The van der Waals surface area contributed by atoms with E-state index in [2.05, 4.69) is 22.4 Å². The molecule has 2 aromatic rings. The SMILES string of the molecule is CCCCC(=O)N1CCCC(c2nnc(C(=O)Nc3ccc(Cl)cc3)s2)C1. The predicted octanol–water partition coefficient (Wildman–Crippen LogP) is 4.34. The number of rotatable bonds is 6. The van der Waals surface area contributed by atoms with Crippen LogP contribution in [0.25, 0.3) is 0 Å². The van der Waals surface area contributed by atoms with Gasteiger partial charge in [0, 0.05) is 36.1 Å². The van der Waals surface area contributed by atoms with Crippen LogP contribution in [0.4, 0.5) is 5.69 Å². The second-order valence-corrected chi connectivity index (χ2v) is 8.13. The van der Waals surface area contributed by atoms with Crippen LogP contribution in [-0.2, 0) is 4.79 Å². The van der Waals surface area contributed by atoms with Crippen LogP contribution in [0.1, 0.15) is 59.8 Å². The fourth-order valence-corrected chi connectivity index (χ4v) is 4.09. The van der Waals surface area contributed by atoms with E-state index in [1.165, 1.54) is 11.3 Å². The zero-order valence-electron chi connectivity index (χ0n) is 15.3. The Bertz CT molecular complexity index is 793. The Morgan fingerprint density at radius 1 is 1.30 bits per heavy atom. The second-order valence-electron chi connectivity index (χ2n) is 6.69. The molecule has 1 unspecified atom stereocenters. The van der Waals surface area contributed by atoms with E-state index in [4.69, 9.17) is 11.6 Å². The van der Waals surface area contributed by atoms with E-state index >= 15 is 0 Å². The highest BCUT2D eigenvalue weighted by atomic mass is 35.5. The lowest BCUT2D eigenvalue weighted by atomic mass is 9.98. The van der Waals surface area contributed by atoms with Crippen molar-refractivity contribution in [2.45, 2.75) is 44.9 Å². The van der Waals surface area contributed by atoms with Crippen molar-refractivity contribution < 1.29 is 9.59 Å². The number of aromatic nitrogens is 2. The predicted molar refractivity (Wildman–Crippen MR) is 107 cm³/mol. The Kier molecular flexibility index (Phi) is 6.79. The quantitative estimate of drug-likeness (QED) is 0.774. The fraction of sp³-hybridized carbons (Fsp3) is 0.474. The maximum atomic E-state index is 12.4. The average molecular weight is 407 g/mol. The number of carbonyl (C=O) groups is 2. The number of carbonyl (C=O) groups excluding carboxylic acids is 2. The maximum absolute atomic E-state index is 12.4. The van der Waals surface area contributed by atoms with Crippen LogP contribution in [0.2, 0.25) is 5.02 Å². The number of anilines is 1. The molecule has 1 saturated heterocycles. The highest BCUT2D eigenvalue weighted by Crippen LogP contribution is 2.30. The smallest absolute Gasteiger partial charge is 0.286 e. The van der Waals surface area contributed by atoms with Crippen LogP contribution >= 0.6 is 22.9 Å². The van der Waals surface area contributed by atoms with Crippen molar-refractivity contribution in [3.8, 4) is 0 Å². The molecule has 8 heteroatoms. The molecule has 0 aliphatic carbocycles. The van der Waals surface area contributed by atoms with Crippen molar-refractivity contribution in [2.75, 3.05) is 18.4 Å². The number of unbranched alkanes of at least 4 members (excludes halogenated alkanes) is 1. The Hall–Kier alpha value is -1.99. The number of nitrogens with one attached hydrogen (secondary N) is 1. The van der Waals surface area contributed by atoms with E-state index in [9.17, 15) is 9.59 Å². The van der Waals surface area contributed by atoms with Gasteiger partial charge in [0.2, 0.25) is 10.9 Å². The fourth-order valence-electron chi connectivity index (χ4n) is 3.10. The molecule has 27 heavy (non-hydrogen) atoms. The zero-order valence-corrected chi connectivity index (χ0v) is 16.9. The van der Waals surface area contributed by atoms with Crippen LogP contribution in [0, 0.1) is 0 Å². The summed E-state index contributed by atoms with van der Waals surface area (Å²) >= 11 is 7.16. The van der Waals surface area contributed by atoms with Crippen LogP contribution < -0.4 is 5.32 Å². The van der Waals surface area contributed by atoms with Crippen LogP contribution in [0.5, 0.6) is 0 Å². The molecule has 6 nitrogen and oxygen atoms in total. The van der Waals surface area contributed by atoms with E-state index in [1.54, 1.807) is 24.3 Å². The molecule has 1 aromatic heterocycles.